The summed E-state index contributed by atoms with van der Waals surface area (Å²) in [6.07, 6.45) is 2.91. The maximum absolute atomic E-state index is 12.6. The van der Waals surface area contributed by atoms with Crippen LogP contribution in [0.1, 0.15) is 50.2 Å². The summed E-state index contributed by atoms with van der Waals surface area (Å²) in [4.78, 5) is 12.6. The first kappa shape index (κ1) is 21.2. The Kier molecular flexibility index (Phi) is 8.13. The highest BCUT2D eigenvalue weighted by Gasteiger charge is 2.26. The smallest absolute Gasteiger partial charge is 0.254 e. The van der Waals surface area contributed by atoms with E-state index < -0.39 is 0 Å². The summed E-state index contributed by atoms with van der Waals surface area (Å²) in [7, 11) is 0. The molecular formula is C19H29ClN4O. The zero-order valence-corrected chi connectivity index (χ0v) is 16.3. The maximum atomic E-state index is 12.6. The molecule has 5 nitrogen and oxygen atoms in total. The molecule has 0 spiro atoms. The molecule has 0 aliphatic rings. The number of para-hydroxylation sites is 1. The summed E-state index contributed by atoms with van der Waals surface area (Å²) < 4.78 is 1.78. The first-order chi connectivity index (χ1) is 11.4. The second-order valence-electron chi connectivity index (χ2n) is 6.93. The molecule has 1 aromatic heterocycles. The van der Waals surface area contributed by atoms with E-state index in [1.807, 2.05) is 36.5 Å². The fourth-order valence-corrected chi connectivity index (χ4v) is 2.47. The van der Waals surface area contributed by atoms with Crippen LogP contribution in [0.4, 0.5) is 0 Å². The number of carbonyl (C=O) groups excluding carboxylic acids is 1. The first-order valence-corrected chi connectivity index (χ1v) is 8.58. The second kappa shape index (κ2) is 9.59. The van der Waals surface area contributed by atoms with E-state index in [1.54, 1.807) is 4.68 Å². The minimum absolute atomic E-state index is 0. The highest BCUT2D eigenvalue weighted by Crippen LogP contribution is 2.25. The fraction of sp³-hybridized carbons (Fsp3) is 0.474. The van der Waals surface area contributed by atoms with Crippen LogP contribution in [0.2, 0.25) is 0 Å². The highest BCUT2D eigenvalue weighted by molar-refractivity contribution is 5.95. The number of rotatable bonds is 7. The van der Waals surface area contributed by atoms with E-state index in [1.165, 1.54) is 0 Å². The van der Waals surface area contributed by atoms with E-state index in [-0.39, 0.29) is 23.7 Å². The summed E-state index contributed by atoms with van der Waals surface area (Å²) in [6, 6.07) is 9.86. The largest absolute Gasteiger partial charge is 0.351 e. The minimum Gasteiger partial charge on any atom is -0.351 e. The number of halogens is 1. The molecule has 0 atom stereocenters. The molecule has 0 aliphatic carbocycles. The van der Waals surface area contributed by atoms with Gasteiger partial charge in [0.2, 0.25) is 0 Å². The van der Waals surface area contributed by atoms with Crippen molar-refractivity contribution in [1.29, 1.82) is 0 Å². The Morgan fingerprint density at radius 1 is 1.12 bits per heavy atom. The summed E-state index contributed by atoms with van der Waals surface area (Å²) in [6.45, 7) is 10.7. The third-order valence-corrected chi connectivity index (χ3v) is 3.70. The van der Waals surface area contributed by atoms with E-state index in [0.29, 0.717) is 12.1 Å². The van der Waals surface area contributed by atoms with Gasteiger partial charge in [0.1, 0.15) is 0 Å². The number of nitrogens with zero attached hydrogens (tertiary/aromatic N) is 2. The Balaban J connectivity index is 0.00000312. The molecular weight excluding hydrogens is 336 g/mol. The van der Waals surface area contributed by atoms with Gasteiger partial charge in [0.15, 0.2) is 0 Å². The van der Waals surface area contributed by atoms with Crippen LogP contribution in [-0.4, -0.2) is 35.3 Å². The van der Waals surface area contributed by atoms with E-state index in [4.69, 9.17) is 0 Å². The van der Waals surface area contributed by atoms with Crippen molar-refractivity contribution < 1.29 is 4.79 Å². The van der Waals surface area contributed by atoms with E-state index >= 15 is 0 Å². The molecule has 0 saturated carbocycles. The van der Waals surface area contributed by atoms with Gasteiger partial charge < -0.3 is 10.6 Å². The average molecular weight is 365 g/mol. The van der Waals surface area contributed by atoms with Crippen LogP contribution in [-0.2, 0) is 5.41 Å². The van der Waals surface area contributed by atoms with Crippen molar-refractivity contribution >= 4 is 18.3 Å². The number of benzene rings is 1. The van der Waals surface area contributed by atoms with E-state index in [2.05, 4.69) is 43.4 Å². The van der Waals surface area contributed by atoms with Gasteiger partial charge in [-0.2, -0.15) is 5.10 Å². The van der Waals surface area contributed by atoms with E-state index in [9.17, 15) is 4.79 Å². The third-order valence-electron chi connectivity index (χ3n) is 3.70. The molecule has 0 aliphatic heterocycles. The Labute approximate surface area is 156 Å². The van der Waals surface area contributed by atoms with Gasteiger partial charge in [-0.1, -0.05) is 45.9 Å². The van der Waals surface area contributed by atoms with Crippen molar-refractivity contribution in [2.45, 2.75) is 39.5 Å². The highest BCUT2D eigenvalue weighted by atomic mass is 35.5. The molecule has 0 radical (unpaired) electrons. The lowest BCUT2D eigenvalue weighted by Crippen LogP contribution is -2.33. The summed E-state index contributed by atoms with van der Waals surface area (Å²) >= 11 is 0. The van der Waals surface area contributed by atoms with Crippen LogP contribution >= 0.6 is 12.4 Å². The number of amides is 1. The zero-order valence-electron chi connectivity index (χ0n) is 15.5. The monoisotopic (exact) mass is 364 g/mol. The second-order valence-corrected chi connectivity index (χ2v) is 6.93. The van der Waals surface area contributed by atoms with Crippen LogP contribution in [0.5, 0.6) is 0 Å². The SMILES string of the molecule is CCCNCCNC(=O)c1cn(-c2ccccc2)nc1C(C)(C)C.Cl. The van der Waals surface area contributed by atoms with Crippen molar-refractivity contribution in [3.8, 4) is 5.69 Å². The average Bonchev–Trinajstić information content (AvgIpc) is 3.01. The standard InChI is InChI=1S/C19H28N4O.ClH/c1-5-11-20-12-13-21-18(24)16-14-23(15-9-7-6-8-10-15)22-17(16)19(2,3)4;/h6-10,14,20H,5,11-13H2,1-4H3,(H,21,24);1H. The van der Waals surface area contributed by atoms with Gasteiger partial charge in [-0.3, -0.25) is 4.79 Å². The van der Waals surface area contributed by atoms with Crippen molar-refractivity contribution in [3.05, 3.63) is 47.8 Å². The molecule has 2 N–H and O–H groups in total. The Bertz CT molecular complexity index is 662. The lowest BCUT2D eigenvalue weighted by Gasteiger charge is -2.17. The van der Waals surface area contributed by atoms with Gasteiger partial charge in [0, 0.05) is 24.7 Å². The van der Waals surface area contributed by atoms with Crippen molar-refractivity contribution in [2.75, 3.05) is 19.6 Å². The molecule has 25 heavy (non-hydrogen) atoms. The predicted molar refractivity (Wildman–Crippen MR) is 105 cm³/mol. The van der Waals surface area contributed by atoms with Gasteiger partial charge in [-0.05, 0) is 25.1 Å². The molecule has 2 aromatic rings. The third kappa shape index (κ3) is 5.87. The number of nitrogens with one attached hydrogen (secondary N) is 2. The lowest BCUT2D eigenvalue weighted by atomic mass is 9.89. The molecule has 2 rings (SSSR count). The summed E-state index contributed by atoms with van der Waals surface area (Å²) in [5.74, 6) is -0.0691. The quantitative estimate of drug-likeness (QED) is 0.741. The summed E-state index contributed by atoms with van der Waals surface area (Å²) in [5.41, 5.74) is 2.20. The van der Waals surface area contributed by atoms with Gasteiger partial charge in [0.05, 0.1) is 16.9 Å². The molecule has 0 bridgehead atoms. The van der Waals surface area contributed by atoms with Crippen molar-refractivity contribution in [2.24, 2.45) is 0 Å². The topological polar surface area (TPSA) is 58.9 Å². The van der Waals surface area contributed by atoms with Crippen LogP contribution in [0.3, 0.4) is 0 Å². The zero-order chi connectivity index (χ0) is 17.6. The number of hydrogen-bond donors (Lipinski definition) is 2. The number of carbonyl (C=O) groups is 1. The van der Waals surface area contributed by atoms with Gasteiger partial charge in [-0.15, -0.1) is 12.4 Å². The molecule has 1 amide bonds. The van der Waals surface area contributed by atoms with Crippen LogP contribution in [0, 0.1) is 0 Å². The van der Waals surface area contributed by atoms with Crippen LogP contribution in [0.15, 0.2) is 36.5 Å². The molecule has 1 heterocycles. The molecule has 0 fully saturated rings. The maximum Gasteiger partial charge on any atom is 0.254 e. The molecule has 6 heteroatoms. The molecule has 138 valence electrons. The normalized spacial score (nSPS) is 11.0. The van der Waals surface area contributed by atoms with Crippen LogP contribution in [0.25, 0.3) is 5.69 Å². The Hall–Kier alpha value is -1.85. The predicted octanol–water partition coefficient (Wildman–Crippen LogP) is 3.32. The Morgan fingerprint density at radius 2 is 1.80 bits per heavy atom. The number of hydrogen-bond acceptors (Lipinski definition) is 3. The fourth-order valence-electron chi connectivity index (χ4n) is 2.47. The summed E-state index contributed by atoms with van der Waals surface area (Å²) in [5, 5.41) is 10.9. The van der Waals surface area contributed by atoms with Gasteiger partial charge in [0.25, 0.3) is 5.91 Å². The first-order valence-electron chi connectivity index (χ1n) is 8.58. The molecule has 0 saturated heterocycles. The minimum atomic E-state index is -0.201. The van der Waals surface area contributed by atoms with Crippen molar-refractivity contribution in [1.82, 2.24) is 20.4 Å². The Morgan fingerprint density at radius 3 is 2.40 bits per heavy atom. The molecule has 0 unspecified atom stereocenters. The van der Waals surface area contributed by atoms with Gasteiger partial charge in [-0.25, -0.2) is 4.68 Å². The van der Waals surface area contributed by atoms with Gasteiger partial charge >= 0.3 is 0 Å². The van der Waals surface area contributed by atoms with Crippen LogP contribution < -0.4 is 10.6 Å². The lowest BCUT2D eigenvalue weighted by molar-refractivity contribution is 0.0951. The van der Waals surface area contributed by atoms with E-state index in [0.717, 1.165) is 30.9 Å². The van der Waals surface area contributed by atoms with Crippen molar-refractivity contribution in [3.63, 3.8) is 0 Å². The number of aromatic nitrogens is 2. The molecule has 1 aromatic carbocycles.